The van der Waals surface area contributed by atoms with Crippen molar-refractivity contribution in [1.82, 2.24) is 0 Å². The highest BCUT2D eigenvalue weighted by molar-refractivity contribution is 9.10. The van der Waals surface area contributed by atoms with Crippen LogP contribution in [0.1, 0.15) is 27.0 Å². The van der Waals surface area contributed by atoms with E-state index in [-0.39, 0.29) is 18.4 Å². The van der Waals surface area contributed by atoms with Crippen molar-refractivity contribution in [3.05, 3.63) is 87.4 Å². The lowest BCUT2D eigenvalue weighted by Crippen LogP contribution is -2.20. The van der Waals surface area contributed by atoms with Gasteiger partial charge >= 0.3 is 0 Å². The number of ether oxygens (including phenoxy) is 1. The van der Waals surface area contributed by atoms with E-state index >= 15 is 0 Å². The largest absolute Gasteiger partial charge is 0.482 e. The Labute approximate surface area is 184 Å². The molecule has 2 N–H and O–H groups in total. The third-order valence-corrected chi connectivity index (χ3v) is 5.10. The third-order valence-electron chi connectivity index (χ3n) is 4.52. The van der Waals surface area contributed by atoms with Gasteiger partial charge in [0.15, 0.2) is 6.61 Å². The van der Waals surface area contributed by atoms with Crippen LogP contribution in [0.15, 0.2) is 65.1 Å². The van der Waals surface area contributed by atoms with Crippen molar-refractivity contribution in [3.63, 3.8) is 0 Å². The maximum Gasteiger partial charge on any atom is 0.262 e. The maximum absolute atomic E-state index is 12.3. The predicted molar refractivity (Wildman–Crippen MR) is 123 cm³/mol. The SMILES string of the molecule is Cc1cc(C)c(OCC(=O)Nc2ccc(NC(=O)c3ccccc3)c(C)c2)c(Br)c1. The van der Waals surface area contributed by atoms with Gasteiger partial charge in [-0.05, 0) is 89.8 Å². The lowest BCUT2D eigenvalue weighted by atomic mass is 10.1. The van der Waals surface area contributed by atoms with E-state index in [2.05, 4.69) is 26.6 Å². The molecule has 0 saturated carbocycles. The van der Waals surface area contributed by atoms with Gasteiger partial charge < -0.3 is 15.4 Å². The molecular formula is C24H23BrN2O3. The van der Waals surface area contributed by atoms with Crippen LogP contribution in [0.5, 0.6) is 5.75 Å². The number of nitrogens with one attached hydrogen (secondary N) is 2. The Morgan fingerprint density at radius 1 is 0.900 bits per heavy atom. The normalized spacial score (nSPS) is 10.4. The van der Waals surface area contributed by atoms with Crippen molar-refractivity contribution in [2.45, 2.75) is 20.8 Å². The van der Waals surface area contributed by atoms with Crippen LogP contribution in [-0.4, -0.2) is 18.4 Å². The van der Waals surface area contributed by atoms with Crippen molar-refractivity contribution in [1.29, 1.82) is 0 Å². The summed E-state index contributed by atoms with van der Waals surface area (Å²) in [6, 6.07) is 18.3. The Bertz CT molecular complexity index is 1060. The molecule has 0 radical (unpaired) electrons. The summed E-state index contributed by atoms with van der Waals surface area (Å²) >= 11 is 3.48. The maximum atomic E-state index is 12.3. The number of benzene rings is 3. The zero-order valence-electron chi connectivity index (χ0n) is 17.1. The number of hydrogen-bond acceptors (Lipinski definition) is 3. The standard InChI is InChI=1S/C24H23BrN2O3/c1-15-11-17(3)23(20(25)12-15)30-14-22(28)26-19-9-10-21(16(2)13-19)27-24(29)18-7-5-4-6-8-18/h4-13H,14H2,1-3H3,(H,26,28)(H,27,29). The van der Waals surface area contributed by atoms with Crippen LogP contribution in [0.2, 0.25) is 0 Å². The zero-order valence-corrected chi connectivity index (χ0v) is 18.7. The van der Waals surface area contributed by atoms with Gasteiger partial charge in [0.05, 0.1) is 4.47 Å². The first-order valence-corrected chi connectivity index (χ1v) is 10.3. The van der Waals surface area contributed by atoms with Gasteiger partial charge in [-0.2, -0.15) is 0 Å². The highest BCUT2D eigenvalue weighted by atomic mass is 79.9. The molecule has 0 heterocycles. The minimum Gasteiger partial charge on any atom is -0.482 e. The lowest BCUT2D eigenvalue weighted by Gasteiger charge is -2.13. The third kappa shape index (κ3) is 5.48. The summed E-state index contributed by atoms with van der Waals surface area (Å²) in [7, 11) is 0. The number of amides is 2. The fourth-order valence-electron chi connectivity index (χ4n) is 3.09. The van der Waals surface area contributed by atoms with Crippen molar-refractivity contribution >= 4 is 39.1 Å². The molecule has 0 aliphatic rings. The van der Waals surface area contributed by atoms with Crippen LogP contribution in [0, 0.1) is 20.8 Å². The van der Waals surface area contributed by atoms with Gasteiger partial charge in [0.2, 0.25) is 0 Å². The van der Waals surface area contributed by atoms with Crippen LogP contribution in [0.3, 0.4) is 0 Å². The molecule has 3 aromatic rings. The molecule has 3 aromatic carbocycles. The highest BCUT2D eigenvalue weighted by Gasteiger charge is 2.11. The summed E-state index contributed by atoms with van der Waals surface area (Å²) in [6.45, 7) is 5.72. The molecule has 2 amide bonds. The van der Waals surface area contributed by atoms with Gasteiger partial charge in [0.1, 0.15) is 5.75 Å². The van der Waals surface area contributed by atoms with Gasteiger partial charge in [-0.25, -0.2) is 0 Å². The van der Waals surface area contributed by atoms with E-state index in [9.17, 15) is 9.59 Å². The molecule has 5 nitrogen and oxygen atoms in total. The van der Waals surface area contributed by atoms with E-state index in [1.54, 1.807) is 24.3 Å². The summed E-state index contributed by atoms with van der Waals surface area (Å²) in [6.07, 6.45) is 0. The molecular weight excluding hydrogens is 444 g/mol. The second-order valence-corrected chi connectivity index (χ2v) is 7.93. The monoisotopic (exact) mass is 466 g/mol. The fraction of sp³-hybridized carbons (Fsp3) is 0.167. The summed E-state index contributed by atoms with van der Waals surface area (Å²) in [5, 5.41) is 5.71. The Balaban J connectivity index is 1.60. The minimum atomic E-state index is -0.262. The number of aryl methyl sites for hydroxylation is 3. The van der Waals surface area contributed by atoms with E-state index < -0.39 is 0 Å². The van der Waals surface area contributed by atoms with Gasteiger partial charge in [-0.3, -0.25) is 9.59 Å². The predicted octanol–water partition coefficient (Wildman–Crippen LogP) is 5.64. The molecule has 3 rings (SSSR count). The number of carbonyl (C=O) groups is 2. The summed E-state index contributed by atoms with van der Waals surface area (Å²) in [4.78, 5) is 24.6. The number of hydrogen-bond donors (Lipinski definition) is 2. The van der Waals surface area contributed by atoms with E-state index in [0.29, 0.717) is 22.7 Å². The quantitative estimate of drug-likeness (QED) is 0.493. The first-order chi connectivity index (χ1) is 14.3. The number of halogens is 1. The summed E-state index contributed by atoms with van der Waals surface area (Å²) in [5.41, 5.74) is 4.84. The van der Waals surface area contributed by atoms with Crippen molar-refractivity contribution in [2.75, 3.05) is 17.2 Å². The number of rotatable bonds is 6. The van der Waals surface area contributed by atoms with Gasteiger partial charge in [0, 0.05) is 16.9 Å². The number of anilines is 2. The van der Waals surface area contributed by atoms with Crippen molar-refractivity contribution < 1.29 is 14.3 Å². The Morgan fingerprint density at radius 3 is 2.30 bits per heavy atom. The van der Waals surface area contributed by atoms with Crippen LogP contribution in [0.25, 0.3) is 0 Å². The molecule has 0 bridgehead atoms. The molecule has 0 atom stereocenters. The molecule has 0 aliphatic heterocycles. The molecule has 0 aromatic heterocycles. The zero-order chi connectivity index (χ0) is 21.7. The topological polar surface area (TPSA) is 67.4 Å². The molecule has 0 unspecified atom stereocenters. The van der Waals surface area contributed by atoms with Gasteiger partial charge in [-0.1, -0.05) is 24.3 Å². The Hall–Kier alpha value is -3.12. The molecule has 0 fully saturated rings. The van der Waals surface area contributed by atoms with E-state index in [1.807, 2.05) is 57.2 Å². The first kappa shape index (κ1) is 21.6. The van der Waals surface area contributed by atoms with Crippen LogP contribution in [0.4, 0.5) is 11.4 Å². The lowest BCUT2D eigenvalue weighted by molar-refractivity contribution is -0.118. The second-order valence-electron chi connectivity index (χ2n) is 7.08. The highest BCUT2D eigenvalue weighted by Crippen LogP contribution is 2.30. The summed E-state index contributed by atoms with van der Waals surface area (Å²) in [5.74, 6) is 0.219. The Morgan fingerprint density at radius 2 is 1.63 bits per heavy atom. The fourth-order valence-corrected chi connectivity index (χ4v) is 3.87. The van der Waals surface area contributed by atoms with Gasteiger partial charge in [0.25, 0.3) is 11.8 Å². The number of carbonyl (C=O) groups excluding carboxylic acids is 2. The summed E-state index contributed by atoms with van der Waals surface area (Å²) < 4.78 is 6.52. The average molecular weight is 467 g/mol. The second kappa shape index (κ2) is 9.59. The Kier molecular flexibility index (Phi) is 6.90. The smallest absolute Gasteiger partial charge is 0.262 e. The molecule has 0 spiro atoms. The van der Waals surface area contributed by atoms with E-state index in [0.717, 1.165) is 21.2 Å². The minimum absolute atomic E-state index is 0.103. The molecule has 154 valence electrons. The average Bonchev–Trinajstić information content (AvgIpc) is 2.70. The van der Waals surface area contributed by atoms with Crippen LogP contribution in [-0.2, 0) is 4.79 Å². The molecule has 0 aliphatic carbocycles. The van der Waals surface area contributed by atoms with Crippen molar-refractivity contribution in [3.8, 4) is 5.75 Å². The molecule has 30 heavy (non-hydrogen) atoms. The first-order valence-electron chi connectivity index (χ1n) is 9.50. The van der Waals surface area contributed by atoms with Crippen molar-refractivity contribution in [2.24, 2.45) is 0 Å². The molecule has 0 saturated heterocycles. The molecule has 6 heteroatoms. The van der Waals surface area contributed by atoms with Gasteiger partial charge in [-0.15, -0.1) is 0 Å². The van der Waals surface area contributed by atoms with Crippen LogP contribution < -0.4 is 15.4 Å². The van der Waals surface area contributed by atoms with E-state index in [4.69, 9.17) is 4.74 Å². The van der Waals surface area contributed by atoms with Crippen LogP contribution >= 0.6 is 15.9 Å². The van der Waals surface area contributed by atoms with E-state index in [1.165, 1.54) is 0 Å².